The van der Waals surface area contributed by atoms with Crippen LogP contribution < -0.4 is 9.47 Å². The highest BCUT2D eigenvalue weighted by molar-refractivity contribution is 5.85. The molecule has 0 amide bonds. The molecule has 5 rings (SSSR count). The zero-order valence-corrected chi connectivity index (χ0v) is 24.3. The third kappa shape index (κ3) is 7.14. The SMILES string of the molecule is C[C@@H]1Cc2c([nH]c3ccccc23)[C@@H](c2c(F)cc(OCc3ccc(OCCOCC(=O)O)cc3)cc2F)N1CC(C)(C)F. The smallest absolute Gasteiger partial charge is 0.329 e. The Morgan fingerprint density at radius 1 is 1.02 bits per heavy atom. The number of aliphatic carboxylic acids is 1. The molecule has 2 heterocycles. The summed E-state index contributed by atoms with van der Waals surface area (Å²) in [6.07, 6.45) is 0.624. The van der Waals surface area contributed by atoms with E-state index in [9.17, 15) is 9.18 Å². The first-order chi connectivity index (χ1) is 20.5. The van der Waals surface area contributed by atoms with E-state index in [2.05, 4.69) is 4.98 Å². The van der Waals surface area contributed by atoms with E-state index < -0.39 is 29.3 Å². The van der Waals surface area contributed by atoms with Crippen molar-refractivity contribution in [3.8, 4) is 11.5 Å². The van der Waals surface area contributed by atoms with Crippen LogP contribution >= 0.6 is 0 Å². The number of rotatable bonds is 12. The Hall–Kier alpha value is -4.02. The average Bonchev–Trinajstić information content (AvgIpc) is 3.31. The van der Waals surface area contributed by atoms with E-state index in [1.54, 1.807) is 24.3 Å². The Labute approximate surface area is 248 Å². The normalized spacial score (nSPS) is 17.2. The molecular weight excluding hydrogens is 561 g/mol. The maximum atomic E-state index is 15.9. The van der Waals surface area contributed by atoms with Gasteiger partial charge >= 0.3 is 5.97 Å². The molecule has 1 aliphatic heterocycles. The number of nitrogens with one attached hydrogen (secondary N) is 1. The molecule has 3 aromatic carbocycles. The van der Waals surface area contributed by atoms with Crippen LogP contribution in [0.5, 0.6) is 11.5 Å². The molecule has 7 nitrogen and oxygen atoms in total. The molecule has 4 aromatic rings. The summed E-state index contributed by atoms with van der Waals surface area (Å²) in [5.74, 6) is -1.99. The first kappa shape index (κ1) is 30.4. The predicted molar refractivity (Wildman–Crippen MR) is 156 cm³/mol. The summed E-state index contributed by atoms with van der Waals surface area (Å²) in [5, 5.41) is 9.58. The molecule has 0 unspecified atom stereocenters. The van der Waals surface area contributed by atoms with Gasteiger partial charge in [-0.15, -0.1) is 0 Å². The summed E-state index contributed by atoms with van der Waals surface area (Å²) < 4.78 is 62.9. The van der Waals surface area contributed by atoms with Crippen LogP contribution in [0.1, 0.15) is 49.2 Å². The number of aromatic amines is 1. The van der Waals surface area contributed by atoms with E-state index in [0.717, 1.165) is 22.0 Å². The summed E-state index contributed by atoms with van der Waals surface area (Å²) in [6, 6.07) is 16.0. The molecule has 0 spiro atoms. The van der Waals surface area contributed by atoms with Crippen LogP contribution in [0.3, 0.4) is 0 Å². The Balaban J connectivity index is 1.34. The lowest BCUT2D eigenvalue weighted by atomic mass is 9.87. The molecule has 0 saturated heterocycles. The van der Waals surface area contributed by atoms with Gasteiger partial charge in [0.15, 0.2) is 0 Å². The number of carbonyl (C=O) groups is 1. The number of hydrogen-bond donors (Lipinski definition) is 2. The number of halogens is 3. The molecule has 10 heteroatoms. The second-order valence-corrected chi connectivity index (χ2v) is 11.4. The number of H-pyrrole nitrogens is 1. The lowest BCUT2D eigenvalue weighted by Gasteiger charge is -2.43. The van der Waals surface area contributed by atoms with Crippen molar-refractivity contribution in [1.29, 1.82) is 0 Å². The van der Waals surface area contributed by atoms with Crippen LogP contribution in [0.25, 0.3) is 10.9 Å². The predicted octanol–water partition coefficient (Wildman–Crippen LogP) is 6.59. The first-order valence-corrected chi connectivity index (χ1v) is 14.2. The molecule has 0 saturated carbocycles. The third-order valence-corrected chi connectivity index (χ3v) is 7.45. The van der Waals surface area contributed by atoms with E-state index in [1.807, 2.05) is 36.1 Å². The number of fused-ring (bicyclic) bond motifs is 3. The number of nitrogens with zero attached hydrogens (tertiary/aromatic N) is 1. The van der Waals surface area contributed by atoms with Gasteiger partial charge in [0.05, 0.1) is 12.6 Å². The summed E-state index contributed by atoms with van der Waals surface area (Å²) >= 11 is 0. The van der Waals surface area contributed by atoms with Crippen LogP contribution in [-0.4, -0.2) is 59.0 Å². The number of alkyl halides is 1. The minimum Gasteiger partial charge on any atom is -0.491 e. The first-order valence-electron chi connectivity index (χ1n) is 14.2. The molecule has 1 aliphatic rings. The zero-order valence-electron chi connectivity index (χ0n) is 24.3. The maximum absolute atomic E-state index is 15.9. The maximum Gasteiger partial charge on any atom is 0.329 e. The van der Waals surface area contributed by atoms with Gasteiger partial charge < -0.3 is 24.3 Å². The number of ether oxygens (including phenoxy) is 3. The van der Waals surface area contributed by atoms with Gasteiger partial charge in [0.1, 0.15) is 48.6 Å². The molecule has 0 aliphatic carbocycles. The van der Waals surface area contributed by atoms with Crippen LogP contribution in [0.4, 0.5) is 13.2 Å². The van der Waals surface area contributed by atoms with E-state index in [4.69, 9.17) is 19.3 Å². The van der Waals surface area contributed by atoms with Crippen molar-refractivity contribution < 1.29 is 37.3 Å². The summed E-state index contributed by atoms with van der Waals surface area (Å²) in [5.41, 5.74) is 1.55. The number of carboxylic acids is 1. The van der Waals surface area contributed by atoms with E-state index in [0.29, 0.717) is 17.9 Å². The molecule has 1 aromatic heterocycles. The van der Waals surface area contributed by atoms with Crippen LogP contribution in [0, 0.1) is 11.6 Å². The minimum atomic E-state index is -1.58. The summed E-state index contributed by atoms with van der Waals surface area (Å²) in [4.78, 5) is 15.7. The highest BCUT2D eigenvalue weighted by Gasteiger charge is 2.41. The second-order valence-electron chi connectivity index (χ2n) is 11.4. The monoisotopic (exact) mass is 596 g/mol. The van der Waals surface area contributed by atoms with Crippen molar-refractivity contribution in [3.05, 3.63) is 94.7 Å². The van der Waals surface area contributed by atoms with Gasteiger partial charge in [-0.1, -0.05) is 30.3 Å². The quantitative estimate of drug-likeness (QED) is 0.180. The number of hydrogen-bond acceptors (Lipinski definition) is 5. The van der Waals surface area contributed by atoms with E-state index >= 15 is 8.78 Å². The summed E-state index contributed by atoms with van der Waals surface area (Å²) in [7, 11) is 0. The van der Waals surface area contributed by atoms with E-state index in [-0.39, 0.29) is 50.3 Å². The summed E-state index contributed by atoms with van der Waals surface area (Å²) in [6.45, 7) is 4.89. The molecule has 43 heavy (non-hydrogen) atoms. The van der Waals surface area contributed by atoms with Gasteiger partial charge in [-0.3, -0.25) is 4.90 Å². The third-order valence-electron chi connectivity index (χ3n) is 7.45. The van der Waals surface area contributed by atoms with Crippen LogP contribution in [-0.2, 0) is 22.6 Å². The Kier molecular flexibility index (Phi) is 8.98. The van der Waals surface area contributed by atoms with Gasteiger partial charge in [-0.25, -0.2) is 18.0 Å². The zero-order chi connectivity index (χ0) is 30.7. The molecule has 0 bridgehead atoms. The van der Waals surface area contributed by atoms with Crippen molar-refractivity contribution >= 4 is 16.9 Å². The van der Waals surface area contributed by atoms with Crippen molar-refractivity contribution in [3.63, 3.8) is 0 Å². The minimum absolute atomic E-state index is 0.000160. The fourth-order valence-corrected chi connectivity index (χ4v) is 5.63. The standard InChI is InChI=1S/C33H35F3N2O5/c1-20-14-25-24-6-4-5-7-28(24)37-31(25)32(38(20)19-33(2,3)36)30-26(34)15-23(16-27(30)35)43-17-21-8-10-22(11-9-21)42-13-12-41-18-29(39)40/h4-11,15-16,20,32,37H,12-14,17-19H2,1-3H3,(H,39,40)/t20-,32-/m1/s1. The van der Waals surface area contributed by atoms with Gasteiger partial charge in [0.25, 0.3) is 0 Å². The molecule has 2 N–H and O–H groups in total. The second kappa shape index (κ2) is 12.7. The van der Waals surface area contributed by atoms with Crippen LogP contribution in [0.2, 0.25) is 0 Å². The van der Waals surface area contributed by atoms with Gasteiger partial charge in [0.2, 0.25) is 0 Å². The molecule has 228 valence electrons. The average molecular weight is 597 g/mol. The number of aromatic nitrogens is 1. The van der Waals surface area contributed by atoms with E-state index in [1.165, 1.54) is 26.0 Å². The Morgan fingerprint density at radius 3 is 2.40 bits per heavy atom. The van der Waals surface area contributed by atoms with Crippen molar-refractivity contribution in [2.45, 2.75) is 51.6 Å². The van der Waals surface area contributed by atoms with Crippen LogP contribution in [0.15, 0.2) is 60.7 Å². The highest BCUT2D eigenvalue weighted by Crippen LogP contribution is 2.43. The molecule has 2 atom stereocenters. The van der Waals surface area contributed by atoms with Gasteiger partial charge in [0, 0.05) is 46.9 Å². The lowest BCUT2D eigenvalue weighted by Crippen LogP contribution is -2.48. The largest absolute Gasteiger partial charge is 0.491 e. The lowest BCUT2D eigenvalue weighted by molar-refractivity contribution is -0.142. The topological polar surface area (TPSA) is 84.0 Å². The fourth-order valence-electron chi connectivity index (χ4n) is 5.63. The van der Waals surface area contributed by atoms with Crippen molar-refractivity contribution in [1.82, 2.24) is 9.88 Å². The van der Waals surface area contributed by atoms with Crippen molar-refractivity contribution in [2.24, 2.45) is 0 Å². The highest BCUT2D eigenvalue weighted by atomic mass is 19.1. The molecule has 0 radical (unpaired) electrons. The van der Waals surface area contributed by atoms with Gasteiger partial charge in [-0.2, -0.15) is 0 Å². The number of para-hydroxylation sites is 1. The Morgan fingerprint density at radius 2 is 1.72 bits per heavy atom. The number of benzene rings is 3. The molecular formula is C33H35F3N2O5. The van der Waals surface area contributed by atoms with Crippen molar-refractivity contribution in [2.75, 3.05) is 26.4 Å². The fraction of sp³-hybridized carbons (Fsp3) is 0.364. The van der Waals surface area contributed by atoms with Gasteiger partial charge in [-0.05, 0) is 56.5 Å². The Bertz CT molecular complexity index is 1560. The molecule has 0 fully saturated rings. The number of carboxylic acid groups (broad SMARTS) is 1.